The van der Waals surface area contributed by atoms with Crippen LogP contribution in [0.1, 0.15) is 33.7 Å². The van der Waals surface area contributed by atoms with Crippen LogP contribution in [0.3, 0.4) is 0 Å². The van der Waals surface area contributed by atoms with Crippen molar-refractivity contribution in [3.8, 4) is 11.1 Å². The molecule has 9 heteroatoms. The fourth-order valence-corrected chi connectivity index (χ4v) is 4.13. The minimum Gasteiger partial charge on any atom is -0.338 e. The zero-order valence-electron chi connectivity index (χ0n) is 21.5. The van der Waals surface area contributed by atoms with Crippen molar-refractivity contribution in [2.75, 3.05) is 13.1 Å². The molecule has 37 heavy (non-hydrogen) atoms. The Morgan fingerprint density at radius 1 is 1.11 bits per heavy atom. The number of nitrogens with one attached hydrogen (secondary N) is 1. The lowest BCUT2D eigenvalue weighted by Crippen LogP contribution is -2.39. The standard InChI is InChI=1S/C28H30N6O3/c1-7-32(8-2)27(36)18(5)30-26(35)19(6)33-16-29-25-22(10-9-11-23(25)28(33)37)20-12-13-24-21(14-20)15-34(31-24)17(3)4/h9-17H,5-8H2,1-4H3,(H,30,35). The topological polar surface area (TPSA) is 102 Å². The lowest BCUT2D eigenvalue weighted by molar-refractivity contribution is -0.128. The van der Waals surface area contributed by atoms with E-state index in [-0.39, 0.29) is 17.4 Å². The van der Waals surface area contributed by atoms with E-state index in [4.69, 9.17) is 0 Å². The number of para-hydroxylation sites is 1. The molecule has 0 fully saturated rings. The second-order valence-electron chi connectivity index (χ2n) is 8.95. The van der Waals surface area contributed by atoms with E-state index in [1.54, 1.807) is 12.1 Å². The van der Waals surface area contributed by atoms with Gasteiger partial charge in [0.25, 0.3) is 17.4 Å². The Hall–Kier alpha value is -4.53. The molecule has 0 spiro atoms. The van der Waals surface area contributed by atoms with Crippen molar-refractivity contribution in [3.05, 3.63) is 78.1 Å². The van der Waals surface area contributed by atoms with Gasteiger partial charge >= 0.3 is 0 Å². The molecule has 2 amide bonds. The Balaban J connectivity index is 1.66. The summed E-state index contributed by atoms with van der Waals surface area (Å²) in [5.41, 5.74) is 2.38. The molecule has 9 nitrogen and oxygen atoms in total. The SMILES string of the molecule is C=C(NC(=O)C(=C)n1cnc2c(-c3ccc4nn(C(C)C)cc4c3)cccc2c1=O)C(=O)N(CC)CC. The lowest BCUT2D eigenvalue weighted by atomic mass is 10.0. The highest BCUT2D eigenvalue weighted by atomic mass is 16.2. The number of benzene rings is 2. The highest BCUT2D eigenvalue weighted by Gasteiger charge is 2.20. The molecule has 0 bridgehead atoms. The van der Waals surface area contributed by atoms with Crippen LogP contribution in [-0.2, 0) is 9.59 Å². The summed E-state index contributed by atoms with van der Waals surface area (Å²) in [4.78, 5) is 44.6. The fraction of sp³-hybridized carbons (Fsp3) is 0.250. The van der Waals surface area contributed by atoms with Crippen molar-refractivity contribution in [1.82, 2.24) is 29.5 Å². The molecule has 4 aromatic rings. The van der Waals surface area contributed by atoms with E-state index in [1.165, 1.54) is 11.2 Å². The van der Waals surface area contributed by atoms with Crippen LogP contribution >= 0.6 is 0 Å². The quantitative estimate of drug-likeness (QED) is 0.371. The van der Waals surface area contributed by atoms with Gasteiger partial charge in [-0.05, 0) is 51.5 Å². The highest BCUT2D eigenvalue weighted by molar-refractivity contribution is 6.15. The molecule has 0 aliphatic heterocycles. The predicted octanol–water partition coefficient (Wildman–Crippen LogP) is 3.96. The number of nitrogens with zero attached hydrogens (tertiary/aromatic N) is 5. The minimum atomic E-state index is -0.711. The van der Waals surface area contributed by atoms with E-state index in [0.717, 1.165) is 26.6 Å². The number of carbonyl (C=O) groups is 2. The second-order valence-corrected chi connectivity index (χ2v) is 8.95. The van der Waals surface area contributed by atoms with Gasteiger partial charge in [0, 0.05) is 36.3 Å². The summed E-state index contributed by atoms with van der Waals surface area (Å²) in [6.45, 7) is 16.2. The van der Waals surface area contributed by atoms with E-state index >= 15 is 0 Å². The summed E-state index contributed by atoms with van der Waals surface area (Å²) < 4.78 is 2.99. The summed E-state index contributed by atoms with van der Waals surface area (Å²) in [5, 5.41) is 8.36. The summed E-state index contributed by atoms with van der Waals surface area (Å²) in [6.07, 6.45) is 3.27. The Morgan fingerprint density at radius 2 is 1.84 bits per heavy atom. The van der Waals surface area contributed by atoms with Gasteiger partial charge in [0.15, 0.2) is 0 Å². The third-order valence-corrected chi connectivity index (χ3v) is 6.28. The molecule has 190 valence electrons. The molecule has 0 atom stereocenters. The molecule has 0 radical (unpaired) electrons. The van der Waals surface area contributed by atoms with Crippen LogP contribution in [0, 0.1) is 0 Å². The van der Waals surface area contributed by atoms with Crippen LogP contribution in [0.4, 0.5) is 0 Å². The molecule has 4 rings (SSSR count). The number of hydrogen-bond donors (Lipinski definition) is 1. The van der Waals surface area contributed by atoms with Crippen molar-refractivity contribution in [2.24, 2.45) is 0 Å². The first-order valence-electron chi connectivity index (χ1n) is 12.1. The van der Waals surface area contributed by atoms with Crippen molar-refractivity contribution in [3.63, 3.8) is 0 Å². The van der Waals surface area contributed by atoms with Gasteiger partial charge in [-0.2, -0.15) is 5.10 Å². The zero-order chi connectivity index (χ0) is 26.9. The normalized spacial score (nSPS) is 11.2. The van der Waals surface area contributed by atoms with Crippen LogP contribution < -0.4 is 10.9 Å². The van der Waals surface area contributed by atoms with E-state index in [2.05, 4.69) is 42.4 Å². The van der Waals surface area contributed by atoms with Gasteiger partial charge < -0.3 is 10.2 Å². The maximum Gasteiger partial charge on any atom is 0.272 e. The third-order valence-electron chi connectivity index (χ3n) is 6.28. The molecule has 0 saturated carbocycles. The van der Waals surface area contributed by atoms with Crippen LogP contribution in [0.2, 0.25) is 0 Å². The minimum absolute atomic E-state index is 0.0879. The Labute approximate surface area is 214 Å². The molecule has 2 aromatic heterocycles. The number of amides is 2. The number of hydrogen-bond acceptors (Lipinski definition) is 5. The molecular formula is C28H30N6O3. The van der Waals surface area contributed by atoms with E-state index in [9.17, 15) is 14.4 Å². The van der Waals surface area contributed by atoms with Crippen LogP contribution in [-0.4, -0.2) is 49.1 Å². The number of likely N-dealkylation sites (N-methyl/N-ethyl adjacent to an activating group) is 1. The fourth-order valence-electron chi connectivity index (χ4n) is 4.13. The molecule has 0 unspecified atom stereocenters. The van der Waals surface area contributed by atoms with Gasteiger partial charge in [-0.15, -0.1) is 0 Å². The smallest absolute Gasteiger partial charge is 0.272 e. The monoisotopic (exact) mass is 498 g/mol. The number of fused-ring (bicyclic) bond motifs is 2. The Kier molecular flexibility index (Phi) is 7.06. The lowest BCUT2D eigenvalue weighted by Gasteiger charge is -2.20. The van der Waals surface area contributed by atoms with E-state index in [0.29, 0.717) is 24.0 Å². The van der Waals surface area contributed by atoms with Crippen LogP contribution in [0.5, 0.6) is 0 Å². The maximum absolute atomic E-state index is 13.3. The van der Waals surface area contributed by atoms with Crippen molar-refractivity contribution in [1.29, 1.82) is 0 Å². The van der Waals surface area contributed by atoms with Crippen LogP contribution in [0.25, 0.3) is 38.6 Å². The highest BCUT2D eigenvalue weighted by Crippen LogP contribution is 2.29. The molecule has 2 aromatic carbocycles. The first-order chi connectivity index (χ1) is 17.7. The van der Waals surface area contributed by atoms with E-state index in [1.807, 2.05) is 49.0 Å². The Morgan fingerprint density at radius 3 is 2.51 bits per heavy atom. The summed E-state index contributed by atoms with van der Waals surface area (Å²) in [6, 6.07) is 11.5. The number of rotatable bonds is 8. The average molecular weight is 499 g/mol. The molecule has 0 saturated heterocycles. The summed E-state index contributed by atoms with van der Waals surface area (Å²) in [7, 11) is 0. The van der Waals surface area contributed by atoms with Crippen molar-refractivity contribution >= 4 is 39.3 Å². The molecule has 0 aliphatic carbocycles. The Bertz CT molecular complexity index is 1610. The molecule has 1 N–H and O–H groups in total. The summed E-state index contributed by atoms with van der Waals surface area (Å²) in [5.74, 6) is -1.10. The molecule has 2 heterocycles. The molecule has 0 aliphatic rings. The van der Waals surface area contributed by atoms with Gasteiger partial charge in [-0.3, -0.25) is 23.6 Å². The van der Waals surface area contributed by atoms with Crippen molar-refractivity contribution < 1.29 is 9.59 Å². The first-order valence-corrected chi connectivity index (χ1v) is 12.1. The first kappa shape index (κ1) is 25.6. The molecular weight excluding hydrogens is 468 g/mol. The van der Waals surface area contributed by atoms with E-state index < -0.39 is 17.4 Å². The number of carbonyl (C=O) groups excluding carboxylic acids is 2. The third kappa shape index (κ3) is 4.80. The van der Waals surface area contributed by atoms with Crippen molar-refractivity contribution in [2.45, 2.75) is 33.7 Å². The summed E-state index contributed by atoms with van der Waals surface area (Å²) >= 11 is 0. The van der Waals surface area contributed by atoms with Gasteiger partial charge in [0.1, 0.15) is 12.0 Å². The maximum atomic E-state index is 13.3. The average Bonchev–Trinajstić information content (AvgIpc) is 3.33. The van der Waals surface area contributed by atoms with Gasteiger partial charge in [0.05, 0.1) is 22.1 Å². The van der Waals surface area contributed by atoms with Gasteiger partial charge in [0.2, 0.25) is 0 Å². The van der Waals surface area contributed by atoms with Gasteiger partial charge in [-0.1, -0.05) is 31.4 Å². The van der Waals surface area contributed by atoms with Gasteiger partial charge in [-0.25, -0.2) is 4.98 Å². The largest absolute Gasteiger partial charge is 0.338 e. The number of aromatic nitrogens is 4. The second kappa shape index (κ2) is 10.2. The van der Waals surface area contributed by atoms with Crippen LogP contribution in [0.15, 0.2) is 72.6 Å². The zero-order valence-corrected chi connectivity index (χ0v) is 21.5. The predicted molar refractivity (Wildman–Crippen MR) is 146 cm³/mol.